The molecule has 0 unspecified atom stereocenters. The zero-order chi connectivity index (χ0) is 15.1. The number of benzene rings is 1. The van der Waals surface area contributed by atoms with Crippen LogP contribution >= 0.6 is 15.9 Å². The molecule has 0 amide bonds. The van der Waals surface area contributed by atoms with Crippen molar-refractivity contribution in [1.29, 1.82) is 0 Å². The standard InChI is InChI=1S/C16H26BrNO2/c1-5-15(6-2)18(7-8-20-4)11-13-10-14(17)9-12(3)16(13)19/h9-10,15,19H,5-8,11H2,1-4H3. The number of phenols is 1. The van der Waals surface area contributed by atoms with Gasteiger partial charge in [-0.3, -0.25) is 4.90 Å². The number of methoxy groups -OCH3 is 1. The Morgan fingerprint density at radius 1 is 1.30 bits per heavy atom. The van der Waals surface area contributed by atoms with E-state index in [1.54, 1.807) is 7.11 Å². The van der Waals surface area contributed by atoms with Crippen molar-refractivity contribution in [2.45, 2.75) is 46.2 Å². The van der Waals surface area contributed by atoms with Gasteiger partial charge >= 0.3 is 0 Å². The summed E-state index contributed by atoms with van der Waals surface area (Å²) in [6.07, 6.45) is 2.21. The molecule has 0 saturated carbocycles. The van der Waals surface area contributed by atoms with Crippen LogP contribution in [0.3, 0.4) is 0 Å². The summed E-state index contributed by atoms with van der Waals surface area (Å²) < 4.78 is 6.23. The first kappa shape index (κ1) is 17.5. The van der Waals surface area contributed by atoms with Crippen LogP contribution in [-0.2, 0) is 11.3 Å². The number of aromatic hydroxyl groups is 1. The van der Waals surface area contributed by atoms with E-state index in [0.717, 1.165) is 41.5 Å². The summed E-state index contributed by atoms with van der Waals surface area (Å²) in [5, 5.41) is 10.2. The van der Waals surface area contributed by atoms with Gasteiger partial charge in [0.05, 0.1) is 6.61 Å². The van der Waals surface area contributed by atoms with E-state index in [-0.39, 0.29) is 0 Å². The van der Waals surface area contributed by atoms with Gasteiger partial charge in [0.1, 0.15) is 5.75 Å². The minimum Gasteiger partial charge on any atom is -0.507 e. The van der Waals surface area contributed by atoms with Gasteiger partial charge in [0.25, 0.3) is 0 Å². The lowest BCUT2D eigenvalue weighted by molar-refractivity contribution is 0.109. The van der Waals surface area contributed by atoms with Crippen LogP contribution in [0.15, 0.2) is 16.6 Å². The average Bonchev–Trinajstić information content (AvgIpc) is 2.42. The maximum absolute atomic E-state index is 10.2. The second-order valence-corrected chi connectivity index (χ2v) is 6.08. The molecular formula is C16H26BrNO2. The number of phenolic OH excluding ortho intramolecular Hbond substituents is 1. The molecule has 3 nitrogen and oxygen atoms in total. The zero-order valence-corrected chi connectivity index (χ0v) is 14.5. The predicted molar refractivity (Wildman–Crippen MR) is 87.2 cm³/mol. The molecule has 0 radical (unpaired) electrons. The molecule has 0 heterocycles. The number of aryl methyl sites for hydroxylation is 1. The van der Waals surface area contributed by atoms with Crippen LogP contribution < -0.4 is 0 Å². The van der Waals surface area contributed by atoms with E-state index in [9.17, 15) is 5.11 Å². The summed E-state index contributed by atoms with van der Waals surface area (Å²) >= 11 is 3.51. The Hall–Kier alpha value is -0.580. The topological polar surface area (TPSA) is 32.7 Å². The summed E-state index contributed by atoms with van der Waals surface area (Å²) in [7, 11) is 1.73. The molecule has 0 bridgehead atoms. The molecule has 1 N–H and O–H groups in total. The second kappa shape index (κ2) is 8.65. The smallest absolute Gasteiger partial charge is 0.123 e. The van der Waals surface area contributed by atoms with E-state index in [1.165, 1.54) is 0 Å². The Kier molecular flexibility index (Phi) is 7.56. The number of ether oxygens (including phenoxy) is 1. The van der Waals surface area contributed by atoms with Gasteiger partial charge in [-0.05, 0) is 37.5 Å². The van der Waals surface area contributed by atoms with E-state index in [4.69, 9.17) is 4.74 Å². The quantitative estimate of drug-likeness (QED) is 0.771. The maximum atomic E-state index is 10.2. The molecule has 1 rings (SSSR count). The fourth-order valence-electron chi connectivity index (χ4n) is 2.55. The van der Waals surface area contributed by atoms with Crippen molar-refractivity contribution in [3.63, 3.8) is 0 Å². The third-order valence-corrected chi connectivity index (χ3v) is 4.22. The average molecular weight is 344 g/mol. The van der Waals surface area contributed by atoms with Crippen molar-refractivity contribution in [2.24, 2.45) is 0 Å². The van der Waals surface area contributed by atoms with E-state index < -0.39 is 0 Å². The van der Waals surface area contributed by atoms with Crippen molar-refractivity contribution in [3.8, 4) is 5.75 Å². The largest absolute Gasteiger partial charge is 0.507 e. The van der Waals surface area contributed by atoms with Crippen LogP contribution in [0, 0.1) is 6.92 Å². The van der Waals surface area contributed by atoms with Crippen molar-refractivity contribution < 1.29 is 9.84 Å². The highest BCUT2D eigenvalue weighted by Crippen LogP contribution is 2.28. The number of hydrogen-bond donors (Lipinski definition) is 1. The number of nitrogens with zero attached hydrogens (tertiary/aromatic N) is 1. The van der Waals surface area contributed by atoms with Gasteiger partial charge in [-0.25, -0.2) is 0 Å². The Bertz CT molecular complexity index is 419. The Balaban J connectivity index is 2.93. The van der Waals surface area contributed by atoms with Crippen LogP contribution in [0.2, 0.25) is 0 Å². The highest BCUT2D eigenvalue weighted by molar-refractivity contribution is 9.10. The van der Waals surface area contributed by atoms with Crippen LogP contribution in [0.4, 0.5) is 0 Å². The van der Waals surface area contributed by atoms with Gasteiger partial charge in [0.15, 0.2) is 0 Å². The molecule has 0 aliphatic rings. The fourth-order valence-corrected chi connectivity index (χ4v) is 3.17. The van der Waals surface area contributed by atoms with Crippen LogP contribution in [-0.4, -0.2) is 36.3 Å². The summed E-state index contributed by atoms with van der Waals surface area (Å²) in [5.41, 5.74) is 1.88. The lowest BCUT2D eigenvalue weighted by Gasteiger charge is -2.30. The molecule has 20 heavy (non-hydrogen) atoms. The molecule has 114 valence electrons. The lowest BCUT2D eigenvalue weighted by Crippen LogP contribution is -2.36. The molecule has 0 spiro atoms. The maximum Gasteiger partial charge on any atom is 0.123 e. The minimum absolute atomic E-state index is 0.404. The molecular weight excluding hydrogens is 318 g/mol. The predicted octanol–water partition coefficient (Wildman–Crippen LogP) is 4.10. The van der Waals surface area contributed by atoms with Gasteiger partial charge < -0.3 is 9.84 Å². The van der Waals surface area contributed by atoms with Crippen molar-refractivity contribution in [1.82, 2.24) is 4.90 Å². The highest BCUT2D eigenvalue weighted by Gasteiger charge is 2.17. The third kappa shape index (κ3) is 4.76. The van der Waals surface area contributed by atoms with Gasteiger partial charge in [0, 0.05) is 36.3 Å². The normalized spacial score (nSPS) is 11.6. The molecule has 0 aromatic heterocycles. The first-order valence-electron chi connectivity index (χ1n) is 7.24. The van der Waals surface area contributed by atoms with E-state index in [2.05, 4.69) is 34.7 Å². The van der Waals surface area contributed by atoms with Crippen LogP contribution in [0.1, 0.15) is 37.8 Å². The second-order valence-electron chi connectivity index (χ2n) is 5.16. The van der Waals surface area contributed by atoms with E-state index in [1.807, 2.05) is 19.1 Å². The highest BCUT2D eigenvalue weighted by atomic mass is 79.9. The zero-order valence-electron chi connectivity index (χ0n) is 12.9. The number of hydrogen-bond acceptors (Lipinski definition) is 3. The van der Waals surface area contributed by atoms with Crippen LogP contribution in [0.5, 0.6) is 5.75 Å². The summed E-state index contributed by atoms with van der Waals surface area (Å²) in [6.45, 7) is 8.69. The first-order chi connectivity index (χ1) is 9.53. The Morgan fingerprint density at radius 3 is 2.50 bits per heavy atom. The summed E-state index contributed by atoms with van der Waals surface area (Å²) in [5.74, 6) is 0.404. The van der Waals surface area contributed by atoms with Crippen molar-refractivity contribution >= 4 is 15.9 Å². The molecule has 1 aromatic rings. The molecule has 0 saturated heterocycles. The molecule has 4 heteroatoms. The third-order valence-electron chi connectivity index (χ3n) is 3.76. The van der Waals surface area contributed by atoms with Crippen molar-refractivity contribution in [3.05, 3.63) is 27.7 Å². The molecule has 0 aliphatic carbocycles. The van der Waals surface area contributed by atoms with Gasteiger partial charge in [-0.1, -0.05) is 29.8 Å². The Morgan fingerprint density at radius 2 is 1.95 bits per heavy atom. The Labute approximate surface area is 131 Å². The van der Waals surface area contributed by atoms with Gasteiger partial charge in [-0.2, -0.15) is 0 Å². The first-order valence-corrected chi connectivity index (χ1v) is 8.03. The van der Waals surface area contributed by atoms with E-state index in [0.29, 0.717) is 18.4 Å². The number of rotatable bonds is 8. The summed E-state index contributed by atoms with van der Waals surface area (Å²) in [6, 6.07) is 4.46. The monoisotopic (exact) mass is 343 g/mol. The lowest BCUT2D eigenvalue weighted by atomic mass is 10.1. The molecule has 0 fully saturated rings. The molecule has 1 aromatic carbocycles. The SMILES string of the molecule is CCC(CC)N(CCOC)Cc1cc(Br)cc(C)c1O. The van der Waals surface area contributed by atoms with Crippen molar-refractivity contribution in [2.75, 3.05) is 20.3 Å². The minimum atomic E-state index is 0.404. The van der Waals surface area contributed by atoms with E-state index >= 15 is 0 Å². The number of halogens is 1. The van der Waals surface area contributed by atoms with Gasteiger partial charge in [-0.15, -0.1) is 0 Å². The molecule has 0 aliphatic heterocycles. The van der Waals surface area contributed by atoms with Gasteiger partial charge in [0.2, 0.25) is 0 Å². The van der Waals surface area contributed by atoms with Crippen LogP contribution in [0.25, 0.3) is 0 Å². The fraction of sp³-hybridized carbons (Fsp3) is 0.625. The molecule has 0 atom stereocenters. The summed E-state index contributed by atoms with van der Waals surface area (Å²) in [4.78, 5) is 2.39.